The number of hydrogen-bond acceptors (Lipinski definition) is 6. The molecule has 1 aliphatic rings. The number of amides is 2. The van der Waals surface area contributed by atoms with Crippen LogP contribution in [0.15, 0.2) is 0 Å². The van der Waals surface area contributed by atoms with Crippen LogP contribution in [0.2, 0.25) is 0 Å². The molecule has 0 aromatic heterocycles. The van der Waals surface area contributed by atoms with Gasteiger partial charge in [-0.05, 0) is 47.0 Å². The number of esters is 1. The van der Waals surface area contributed by atoms with E-state index in [-0.39, 0.29) is 23.2 Å². The van der Waals surface area contributed by atoms with Gasteiger partial charge in [0.15, 0.2) is 0 Å². The van der Waals surface area contributed by atoms with Crippen LogP contribution in [0, 0.1) is 5.41 Å². The average molecular weight is 403 g/mol. The van der Waals surface area contributed by atoms with E-state index in [2.05, 4.69) is 5.32 Å². The van der Waals surface area contributed by atoms with Crippen LogP contribution in [-0.2, 0) is 19.1 Å². The van der Waals surface area contributed by atoms with Gasteiger partial charge in [-0.1, -0.05) is 20.8 Å². The minimum Gasteiger partial charge on any atom is -0.458 e. The third-order valence-electron chi connectivity index (χ3n) is 3.49. The molecule has 0 aromatic rings. The standard InChI is InChI=1S/C19H34N2O5S/c1-17(2,3)15-21(12(11-27-15)14(23)25-18(4,5)6)13(22)10-20-16(24)26-19(7,8)9/h12,15H,10-11H2,1-9H3,(H,20,24)/t12-,15?/m0/s1. The molecule has 1 unspecified atom stereocenters. The molecule has 1 N–H and O–H groups in total. The zero-order valence-electron chi connectivity index (χ0n) is 18.0. The Hall–Kier alpha value is -1.44. The molecule has 0 bridgehead atoms. The number of nitrogens with one attached hydrogen (secondary N) is 1. The highest BCUT2D eigenvalue weighted by atomic mass is 32.2. The fourth-order valence-electron chi connectivity index (χ4n) is 2.58. The van der Waals surface area contributed by atoms with Gasteiger partial charge in [-0.2, -0.15) is 0 Å². The lowest BCUT2D eigenvalue weighted by molar-refractivity contribution is -0.164. The molecule has 0 aliphatic carbocycles. The maximum absolute atomic E-state index is 12.9. The number of ether oxygens (including phenoxy) is 2. The average Bonchev–Trinajstić information content (AvgIpc) is 2.85. The lowest BCUT2D eigenvalue weighted by atomic mass is 9.94. The molecule has 1 heterocycles. The van der Waals surface area contributed by atoms with E-state index in [1.807, 2.05) is 20.8 Å². The largest absolute Gasteiger partial charge is 0.458 e. The van der Waals surface area contributed by atoms with Gasteiger partial charge in [0.1, 0.15) is 23.8 Å². The quantitative estimate of drug-likeness (QED) is 0.730. The van der Waals surface area contributed by atoms with E-state index in [0.717, 1.165) is 0 Å². The number of carbonyl (C=O) groups is 3. The van der Waals surface area contributed by atoms with E-state index >= 15 is 0 Å². The smallest absolute Gasteiger partial charge is 0.408 e. The molecule has 7 nitrogen and oxygen atoms in total. The van der Waals surface area contributed by atoms with Crippen LogP contribution in [0.4, 0.5) is 4.79 Å². The minimum atomic E-state index is -0.675. The van der Waals surface area contributed by atoms with Crippen molar-refractivity contribution in [3.63, 3.8) is 0 Å². The SMILES string of the molecule is CC(C)(C)OC(=O)NCC(=O)N1C(C(C)(C)C)SC[C@H]1C(=O)OC(C)(C)C. The molecular formula is C19H34N2O5S. The van der Waals surface area contributed by atoms with Crippen LogP contribution in [0.5, 0.6) is 0 Å². The Morgan fingerprint density at radius 2 is 1.48 bits per heavy atom. The van der Waals surface area contributed by atoms with E-state index in [9.17, 15) is 14.4 Å². The highest BCUT2D eigenvalue weighted by Gasteiger charge is 2.47. The molecule has 1 rings (SSSR count). The normalized spacial score (nSPS) is 21.0. The first-order valence-corrected chi connectivity index (χ1v) is 10.2. The maximum Gasteiger partial charge on any atom is 0.408 e. The second-order valence-corrected chi connectivity index (χ2v) is 10.9. The van der Waals surface area contributed by atoms with Gasteiger partial charge in [-0.3, -0.25) is 4.79 Å². The molecule has 1 aliphatic heterocycles. The van der Waals surface area contributed by atoms with Gasteiger partial charge >= 0.3 is 12.1 Å². The first-order valence-electron chi connectivity index (χ1n) is 9.14. The summed E-state index contributed by atoms with van der Waals surface area (Å²) in [6.07, 6.45) is -0.663. The van der Waals surface area contributed by atoms with Crippen molar-refractivity contribution >= 4 is 29.7 Å². The van der Waals surface area contributed by atoms with Crippen LogP contribution in [0.1, 0.15) is 62.3 Å². The molecule has 0 spiro atoms. The summed E-state index contributed by atoms with van der Waals surface area (Å²) in [7, 11) is 0. The molecule has 8 heteroatoms. The Morgan fingerprint density at radius 3 is 1.93 bits per heavy atom. The molecule has 1 saturated heterocycles. The van der Waals surface area contributed by atoms with Crippen molar-refractivity contribution < 1.29 is 23.9 Å². The number of thioether (sulfide) groups is 1. The van der Waals surface area contributed by atoms with Gasteiger partial charge in [0.25, 0.3) is 0 Å². The lowest BCUT2D eigenvalue weighted by Gasteiger charge is -2.36. The Kier molecular flexibility index (Phi) is 7.24. The molecule has 0 radical (unpaired) electrons. The summed E-state index contributed by atoms with van der Waals surface area (Å²) in [6, 6.07) is -0.675. The molecule has 1 fully saturated rings. The predicted molar refractivity (Wildman–Crippen MR) is 106 cm³/mol. The monoisotopic (exact) mass is 402 g/mol. The van der Waals surface area contributed by atoms with Crippen LogP contribution in [0.3, 0.4) is 0 Å². The van der Waals surface area contributed by atoms with Crippen LogP contribution in [-0.4, -0.2) is 57.8 Å². The van der Waals surface area contributed by atoms with Crippen LogP contribution in [0.25, 0.3) is 0 Å². The molecule has 0 saturated carbocycles. The van der Waals surface area contributed by atoms with Crippen molar-refractivity contribution in [2.45, 2.75) is 84.9 Å². The zero-order valence-corrected chi connectivity index (χ0v) is 18.8. The Balaban J connectivity index is 2.91. The Morgan fingerprint density at radius 1 is 0.963 bits per heavy atom. The summed E-state index contributed by atoms with van der Waals surface area (Å²) in [4.78, 5) is 38.9. The minimum absolute atomic E-state index is 0.192. The number of rotatable bonds is 3. The van der Waals surface area contributed by atoms with Gasteiger partial charge in [-0.25, -0.2) is 9.59 Å². The van der Waals surface area contributed by atoms with Gasteiger partial charge in [0.2, 0.25) is 5.91 Å². The number of carbonyl (C=O) groups excluding carboxylic acids is 3. The maximum atomic E-state index is 12.9. The van der Waals surface area contributed by atoms with Gasteiger partial charge in [0, 0.05) is 5.75 Å². The first kappa shape index (κ1) is 23.6. The van der Waals surface area contributed by atoms with Crippen molar-refractivity contribution in [3.05, 3.63) is 0 Å². The highest BCUT2D eigenvalue weighted by Crippen LogP contribution is 2.41. The Bertz CT molecular complexity index is 572. The molecular weight excluding hydrogens is 368 g/mol. The fourth-order valence-corrected chi connectivity index (χ4v) is 4.17. The number of hydrogen-bond donors (Lipinski definition) is 1. The second-order valence-electron chi connectivity index (χ2n) is 9.76. The van der Waals surface area contributed by atoms with Crippen LogP contribution >= 0.6 is 11.8 Å². The topological polar surface area (TPSA) is 84.9 Å². The zero-order chi connectivity index (χ0) is 21.2. The second kappa shape index (κ2) is 8.29. The van der Waals surface area contributed by atoms with Crippen LogP contribution < -0.4 is 5.32 Å². The first-order chi connectivity index (χ1) is 12.0. The van der Waals surface area contributed by atoms with E-state index in [1.165, 1.54) is 0 Å². The lowest BCUT2D eigenvalue weighted by Crippen LogP contribution is -2.53. The van der Waals surface area contributed by atoms with E-state index in [4.69, 9.17) is 9.47 Å². The van der Waals surface area contributed by atoms with Crippen molar-refractivity contribution in [2.24, 2.45) is 5.41 Å². The fraction of sp³-hybridized carbons (Fsp3) is 0.842. The van der Waals surface area contributed by atoms with E-state index in [0.29, 0.717) is 5.75 Å². The summed E-state index contributed by atoms with van der Waals surface area (Å²) >= 11 is 1.55. The van der Waals surface area contributed by atoms with Gasteiger partial charge in [0.05, 0.1) is 5.37 Å². The Labute approximate surface area is 166 Å². The van der Waals surface area contributed by atoms with Crippen molar-refractivity contribution in [2.75, 3.05) is 12.3 Å². The summed E-state index contributed by atoms with van der Waals surface area (Å²) in [5.41, 5.74) is -1.52. The third kappa shape index (κ3) is 7.60. The predicted octanol–water partition coefficient (Wildman–Crippen LogP) is 3.17. The van der Waals surface area contributed by atoms with Crippen molar-refractivity contribution in [1.29, 1.82) is 0 Å². The number of nitrogens with zero attached hydrogens (tertiary/aromatic N) is 1. The van der Waals surface area contributed by atoms with Crippen molar-refractivity contribution in [3.8, 4) is 0 Å². The molecule has 2 amide bonds. The summed E-state index contributed by atoms with van der Waals surface area (Å²) in [5.74, 6) is -0.288. The van der Waals surface area contributed by atoms with E-state index < -0.39 is 29.3 Å². The number of alkyl carbamates (subject to hydrolysis) is 1. The summed E-state index contributed by atoms with van der Waals surface area (Å²) in [6.45, 7) is 16.5. The van der Waals surface area contributed by atoms with Crippen molar-refractivity contribution in [1.82, 2.24) is 10.2 Å². The summed E-state index contributed by atoms with van der Waals surface area (Å²) in [5, 5.41) is 2.29. The van der Waals surface area contributed by atoms with Gasteiger partial charge < -0.3 is 19.7 Å². The molecule has 2 atom stereocenters. The summed E-state index contributed by atoms with van der Waals surface area (Å²) < 4.78 is 10.7. The molecule has 0 aromatic carbocycles. The third-order valence-corrected chi connectivity index (χ3v) is 5.25. The highest BCUT2D eigenvalue weighted by molar-refractivity contribution is 8.00. The van der Waals surface area contributed by atoms with Gasteiger partial charge in [-0.15, -0.1) is 11.8 Å². The van der Waals surface area contributed by atoms with E-state index in [1.54, 1.807) is 58.2 Å². The molecule has 156 valence electrons. The molecule has 27 heavy (non-hydrogen) atoms.